The molecule has 1 unspecified atom stereocenters. The van der Waals surface area contributed by atoms with Crippen LogP contribution in [0.25, 0.3) is 0 Å². The fourth-order valence-electron chi connectivity index (χ4n) is 1.62. The Bertz CT molecular complexity index is 206. The van der Waals surface area contributed by atoms with Gasteiger partial charge in [0.2, 0.25) is 0 Å². The maximum Gasteiger partial charge on any atom is 0.0792 e. The maximum absolute atomic E-state index is 9.57. The molecule has 2 nitrogen and oxygen atoms in total. The Hall–Kier alpha value is -0.600. The molecule has 0 bridgehead atoms. The molecule has 1 aliphatic carbocycles. The van der Waals surface area contributed by atoms with Crippen molar-refractivity contribution in [3.63, 3.8) is 0 Å². The summed E-state index contributed by atoms with van der Waals surface area (Å²) in [5.74, 6) is 0. The Morgan fingerprint density at radius 2 is 2.42 bits per heavy atom. The Labute approximate surface area is 73.8 Å². The van der Waals surface area contributed by atoms with Gasteiger partial charge in [-0.1, -0.05) is 12.2 Å². The lowest BCUT2D eigenvalue weighted by atomic mass is 10.1. The Kier molecular flexibility index (Phi) is 3.50. The normalized spacial score (nSPS) is 30.4. The van der Waals surface area contributed by atoms with Crippen LogP contribution in [0.2, 0.25) is 0 Å². The highest BCUT2D eigenvalue weighted by Crippen LogP contribution is 2.30. The Morgan fingerprint density at radius 3 is 3.00 bits per heavy atom. The van der Waals surface area contributed by atoms with Crippen molar-refractivity contribution in [3.05, 3.63) is 23.3 Å². The standard InChI is InChI=1S/C10H17NO/c1-2-8-5-6-10(12)9(8)4-3-7-11/h2,4,10,12H,3,5-7,11H2,1H3/b8-2+,9-4-. The predicted molar refractivity (Wildman–Crippen MR) is 50.8 cm³/mol. The molecule has 0 heterocycles. The highest BCUT2D eigenvalue weighted by molar-refractivity contribution is 5.38. The molecule has 0 aromatic carbocycles. The van der Waals surface area contributed by atoms with Gasteiger partial charge >= 0.3 is 0 Å². The first-order chi connectivity index (χ1) is 5.79. The van der Waals surface area contributed by atoms with Crippen LogP contribution in [0.5, 0.6) is 0 Å². The third-order valence-electron chi connectivity index (χ3n) is 2.30. The third-order valence-corrected chi connectivity index (χ3v) is 2.30. The van der Waals surface area contributed by atoms with E-state index >= 15 is 0 Å². The SMILES string of the molecule is C/C=C1\CCC(O)\C1=C/CCN. The van der Waals surface area contributed by atoms with Gasteiger partial charge in [-0.3, -0.25) is 0 Å². The van der Waals surface area contributed by atoms with Crippen molar-refractivity contribution < 1.29 is 5.11 Å². The van der Waals surface area contributed by atoms with E-state index in [-0.39, 0.29) is 6.10 Å². The number of aliphatic hydroxyl groups is 1. The largest absolute Gasteiger partial charge is 0.388 e. The molecule has 2 heteroatoms. The summed E-state index contributed by atoms with van der Waals surface area (Å²) in [6.07, 6.45) is 6.64. The molecule has 1 saturated carbocycles. The summed E-state index contributed by atoms with van der Waals surface area (Å²) in [5, 5.41) is 9.57. The average molecular weight is 167 g/mol. The van der Waals surface area contributed by atoms with Crippen molar-refractivity contribution in [1.82, 2.24) is 0 Å². The molecule has 0 saturated heterocycles. The second kappa shape index (κ2) is 4.43. The van der Waals surface area contributed by atoms with E-state index in [1.54, 1.807) is 0 Å². The number of allylic oxidation sites excluding steroid dienone is 1. The van der Waals surface area contributed by atoms with E-state index in [4.69, 9.17) is 5.73 Å². The molecule has 0 amide bonds. The maximum atomic E-state index is 9.57. The minimum Gasteiger partial charge on any atom is -0.388 e. The molecule has 1 atom stereocenters. The van der Waals surface area contributed by atoms with Crippen LogP contribution >= 0.6 is 0 Å². The van der Waals surface area contributed by atoms with Crippen molar-refractivity contribution in [2.75, 3.05) is 6.54 Å². The topological polar surface area (TPSA) is 46.2 Å². The molecule has 1 fully saturated rings. The summed E-state index contributed by atoms with van der Waals surface area (Å²) in [7, 11) is 0. The van der Waals surface area contributed by atoms with Crippen LogP contribution in [0.15, 0.2) is 23.3 Å². The number of nitrogens with two attached hydrogens (primary N) is 1. The molecular weight excluding hydrogens is 150 g/mol. The monoisotopic (exact) mass is 167 g/mol. The Morgan fingerprint density at radius 1 is 1.67 bits per heavy atom. The molecule has 68 valence electrons. The van der Waals surface area contributed by atoms with Crippen molar-refractivity contribution in [3.8, 4) is 0 Å². The van der Waals surface area contributed by atoms with Gasteiger partial charge in [-0.25, -0.2) is 0 Å². The molecule has 0 spiro atoms. The van der Waals surface area contributed by atoms with Gasteiger partial charge in [-0.05, 0) is 43.9 Å². The molecular formula is C10H17NO. The molecule has 0 aromatic heterocycles. The first-order valence-electron chi connectivity index (χ1n) is 4.53. The molecule has 1 aliphatic rings. The number of hydrogen-bond acceptors (Lipinski definition) is 2. The smallest absolute Gasteiger partial charge is 0.0792 e. The van der Waals surface area contributed by atoms with Gasteiger partial charge in [-0.15, -0.1) is 0 Å². The Balaban J connectivity index is 2.70. The minimum atomic E-state index is -0.247. The number of aliphatic hydroxyl groups excluding tert-OH is 1. The summed E-state index contributed by atoms with van der Waals surface area (Å²) >= 11 is 0. The van der Waals surface area contributed by atoms with Crippen LogP contribution in [0.3, 0.4) is 0 Å². The van der Waals surface area contributed by atoms with E-state index < -0.39 is 0 Å². The number of hydrogen-bond donors (Lipinski definition) is 2. The molecule has 3 N–H and O–H groups in total. The first kappa shape index (κ1) is 9.49. The zero-order valence-electron chi connectivity index (χ0n) is 7.59. The van der Waals surface area contributed by atoms with Crippen molar-refractivity contribution >= 4 is 0 Å². The van der Waals surface area contributed by atoms with Crippen LogP contribution in [0.4, 0.5) is 0 Å². The van der Waals surface area contributed by atoms with Gasteiger partial charge in [0, 0.05) is 0 Å². The highest BCUT2D eigenvalue weighted by Gasteiger charge is 2.21. The zero-order chi connectivity index (χ0) is 8.97. The van der Waals surface area contributed by atoms with Crippen LogP contribution in [0.1, 0.15) is 26.2 Å². The molecule has 0 aliphatic heterocycles. The first-order valence-corrected chi connectivity index (χ1v) is 4.53. The van der Waals surface area contributed by atoms with Crippen molar-refractivity contribution in [2.24, 2.45) is 5.73 Å². The summed E-state index contributed by atoms with van der Waals surface area (Å²) in [6, 6.07) is 0. The van der Waals surface area contributed by atoms with E-state index in [2.05, 4.69) is 12.2 Å². The van der Waals surface area contributed by atoms with Gasteiger partial charge in [0.05, 0.1) is 6.10 Å². The predicted octanol–water partition coefficient (Wildman–Crippen LogP) is 1.36. The zero-order valence-corrected chi connectivity index (χ0v) is 7.59. The van der Waals surface area contributed by atoms with E-state index in [9.17, 15) is 5.11 Å². The quantitative estimate of drug-likeness (QED) is 0.652. The third kappa shape index (κ3) is 1.96. The lowest BCUT2D eigenvalue weighted by Gasteiger charge is -2.04. The summed E-state index contributed by atoms with van der Waals surface area (Å²) in [6.45, 7) is 2.68. The molecule has 0 radical (unpaired) electrons. The van der Waals surface area contributed by atoms with Crippen LogP contribution in [0, 0.1) is 0 Å². The van der Waals surface area contributed by atoms with Gasteiger partial charge in [0.15, 0.2) is 0 Å². The van der Waals surface area contributed by atoms with Gasteiger partial charge in [0.1, 0.15) is 0 Å². The highest BCUT2D eigenvalue weighted by atomic mass is 16.3. The number of rotatable bonds is 2. The van der Waals surface area contributed by atoms with Gasteiger partial charge in [0.25, 0.3) is 0 Å². The fourth-order valence-corrected chi connectivity index (χ4v) is 1.62. The lowest BCUT2D eigenvalue weighted by Crippen LogP contribution is -2.04. The second-order valence-corrected chi connectivity index (χ2v) is 3.11. The van der Waals surface area contributed by atoms with Crippen LogP contribution in [-0.2, 0) is 0 Å². The van der Waals surface area contributed by atoms with Gasteiger partial charge in [-0.2, -0.15) is 0 Å². The summed E-state index contributed by atoms with van der Waals surface area (Å²) in [5.41, 5.74) is 7.78. The average Bonchev–Trinajstić information content (AvgIpc) is 2.43. The van der Waals surface area contributed by atoms with Crippen molar-refractivity contribution in [1.29, 1.82) is 0 Å². The molecule has 1 rings (SSSR count). The summed E-state index contributed by atoms with van der Waals surface area (Å²) < 4.78 is 0. The van der Waals surface area contributed by atoms with Crippen LogP contribution in [-0.4, -0.2) is 17.8 Å². The van der Waals surface area contributed by atoms with E-state index in [1.807, 2.05) is 6.92 Å². The minimum absolute atomic E-state index is 0.247. The van der Waals surface area contributed by atoms with E-state index in [0.717, 1.165) is 24.8 Å². The molecule has 12 heavy (non-hydrogen) atoms. The second-order valence-electron chi connectivity index (χ2n) is 3.11. The fraction of sp³-hybridized carbons (Fsp3) is 0.600. The van der Waals surface area contributed by atoms with E-state index in [1.165, 1.54) is 5.57 Å². The summed E-state index contributed by atoms with van der Waals surface area (Å²) in [4.78, 5) is 0. The molecule has 0 aromatic rings. The van der Waals surface area contributed by atoms with Gasteiger partial charge < -0.3 is 10.8 Å². The van der Waals surface area contributed by atoms with Crippen molar-refractivity contribution in [2.45, 2.75) is 32.3 Å². The lowest BCUT2D eigenvalue weighted by molar-refractivity contribution is 0.218. The van der Waals surface area contributed by atoms with E-state index in [0.29, 0.717) is 6.54 Å². The van der Waals surface area contributed by atoms with Crippen LogP contribution < -0.4 is 5.73 Å².